The Kier molecular flexibility index (Phi) is 4.31. The van der Waals surface area contributed by atoms with Crippen LogP contribution in [-0.2, 0) is 0 Å². The van der Waals surface area contributed by atoms with E-state index in [1.807, 2.05) is 0 Å². The minimum Gasteiger partial charge on any atom is -0.378 e. The summed E-state index contributed by atoms with van der Waals surface area (Å²) < 4.78 is 13.8. The number of halogens is 1. The molecule has 1 atom stereocenters. The molecule has 0 radical (unpaired) electrons. The number of nitro benzene ring substituents is 1. The van der Waals surface area contributed by atoms with E-state index in [0.717, 1.165) is 18.9 Å². The van der Waals surface area contributed by atoms with Crippen molar-refractivity contribution < 1.29 is 9.31 Å². The molecule has 1 aromatic rings. The first-order valence-corrected chi connectivity index (χ1v) is 6.52. The molecule has 1 aliphatic carbocycles. The molecular formula is C13H18FN3O2. The first-order valence-electron chi connectivity index (χ1n) is 6.52. The maximum Gasteiger partial charge on any atom is 0.272 e. The lowest BCUT2D eigenvalue weighted by atomic mass is 9.98. The number of hydrogen-bond acceptors (Lipinski definition) is 4. The summed E-state index contributed by atoms with van der Waals surface area (Å²) in [5, 5.41) is 13.6. The lowest BCUT2D eigenvalue weighted by Crippen LogP contribution is -2.35. The minimum absolute atomic E-state index is 0.0263. The van der Waals surface area contributed by atoms with Gasteiger partial charge in [-0.25, -0.2) is 4.39 Å². The highest BCUT2D eigenvalue weighted by atomic mass is 19.1. The van der Waals surface area contributed by atoms with Crippen LogP contribution in [0.4, 0.5) is 15.8 Å². The summed E-state index contributed by atoms with van der Waals surface area (Å²) in [6.45, 7) is 0.432. The predicted molar refractivity (Wildman–Crippen MR) is 71.5 cm³/mol. The molecule has 3 N–H and O–H groups in total. The van der Waals surface area contributed by atoms with E-state index in [0.29, 0.717) is 12.5 Å². The zero-order valence-electron chi connectivity index (χ0n) is 10.6. The van der Waals surface area contributed by atoms with Crippen LogP contribution in [0.2, 0.25) is 0 Å². The first kappa shape index (κ1) is 13.7. The quantitative estimate of drug-likeness (QED) is 0.634. The summed E-state index contributed by atoms with van der Waals surface area (Å²) in [6, 6.07) is 3.67. The maximum atomic E-state index is 13.8. The summed E-state index contributed by atoms with van der Waals surface area (Å²) in [4.78, 5) is 9.94. The Morgan fingerprint density at radius 2 is 2.16 bits per heavy atom. The third-order valence-electron chi connectivity index (χ3n) is 3.73. The van der Waals surface area contributed by atoms with Crippen LogP contribution in [0, 0.1) is 21.8 Å². The fourth-order valence-corrected chi connectivity index (χ4v) is 2.66. The molecule has 1 aromatic carbocycles. The van der Waals surface area contributed by atoms with Gasteiger partial charge in [0.1, 0.15) is 0 Å². The average molecular weight is 267 g/mol. The molecule has 0 spiro atoms. The van der Waals surface area contributed by atoms with Gasteiger partial charge in [0.2, 0.25) is 0 Å². The predicted octanol–water partition coefficient (Wildman–Crippen LogP) is 2.66. The number of anilines is 1. The summed E-state index contributed by atoms with van der Waals surface area (Å²) in [6.07, 6.45) is 4.57. The van der Waals surface area contributed by atoms with Crippen molar-refractivity contribution in [3.63, 3.8) is 0 Å². The normalized spacial score (nSPS) is 17.4. The Morgan fingerprint density at radius 3 is 2.68 bits per heavy atom. The topological polar surface area (TPSA) is 81.2 Å². The van der Waals surface area contributed by atoms with Crippen LogP contribution in [-0.4, -0.2) is 17.5 Å². The van der Waals surface area contributed by atoms with Crippen molar-refractivity contribution in [1.29, 1.82) is 0 Å². The number of nitrogens with two attached hydrogens (primary N) is 1. The molecule has 1 fully saturated rings. The molecule has 0 aromatic heterocycles. The standard InChI is InChI=1S/C13H18FN3O2/c14-11-7-10(17(18)19)5-6-12(11)16-13(8-15)9-3-1-2-4-9/h5-7,9,13,16H,1-4,8,15H2. The maximum absolute atomic E-state index is 13.8. The highest BCUT2D eigenvalue weighted by Crippen LogP contribution is 2.30. The smallest absolute Gasteiger partial charge is 0.272 e. The Hall–Kier alpha value is -1.69. The van der Waals surface area contributed by atoms with Crippen LogP contribution < -0.4 is 11.1 Å². The first-order chi connectivity index (χ1) is 9.11. The molecular weight excluding hydrogens is 249 g/mol. The number of non-ortho nitro benzene ring substituents is 1. The zero-order valence-corrected chi connectivity index (χ0v) is 10.6. The van der Waals surface area contributed by atoms with Crippen molar-refractivity contribution in [2.24, 2.45) is 11.7 Å². The summed E-state index contributed by atoms with van der Waals surface area (Å²) in [5.74, 6) is -0.148. The van der Waals surface area contributed by atoms with Gasteiger partial charge in [-0.15, -0.1) is 0 Å². The molecule has 0 heterocycles. The van der Waals surface area contributed by atoms with Crippen molar-refractivity contribution >= 4 is 11.4 Å². The second-order valence-corrected chi connectivity index (χ2v) is 4.95. The molecule has 6 heteroatoms. The second-order valence-electron chi connectivity index (χ2n) is 4.95. The highest BCUT2D eigenvalue weighted by molar-refractivity contribution is 5.50. The molecule has 0 bridgehead atoms. The van der Waals surface area contributed by atoms with E-state index in [2.05, 4.69) is 5.32 Å². The van der Waals surface area contributed by atoms with E-state index in [4.69, 9.17) is 5.73 Å². The third kappa shape index (κ3) is 3.20. The van der Waals surface area contributed by atoms with E-state index in [-0.39, 0.29) is 17.4 Å². The number of hydrogen-bond donors (Lipinski definition) is 2. The van der Waals surface area contributed by atoms with Gasteiger partial charge in [-0.1, -0.05) is 12.8 Å². The van der Waals surface area contributed by atoms with Crippen LogP contribution in [0.25, 0.3) is 0 Å². The molecule has 0 amide bonds. The molecule has 5 nitrogen and oxygen atoms in total. The van der Waals surface area contributed by atoms with Crippen LogP contribution >= 0.6 is 0 Å². The SMILES string of the molecule is NCC(Nc1ccc([N+](=O)[O-])cc1F)C1CCCC1. The lowest BCUT2D eigenvalue weighted by molar-refractivity contribution is -0.385. The summed E-state index contributed by atoms with van der Waals surface area (Å²) >= 11 is 0. The molecule has 1 unspecified atom stereocenters. The number of rotatable bonds is 5. The minimum atomic E-state index is -0.607. The van der Waals surface area contributed by atoms with E-state index in [1.165, 1.54) is 25.0 Å². The van der Waals surface area contributed by atoms with Crippen molar-refractivity contribution in [2.45, 2.75) is 31.7 Å². The van der Waals surface area contributed by atoms with Gasteiger partial charge in [0.15, 0.2) is 5.82 Å². The van der Waals surface area contributed by atoms with Gasteiger partial charge in [0.05, 0.1) is 16.7 Å². The van der Waals surface area contributed by atoms with Crippen molar-refractivity contribution in [3.05, 3.63) is 34.1 Å². The Balaban J connectivity index is 2.10. The van der Waals surface area contributed by atoms with Crippen LogP contribution in [0.3, 0.4) is 0 Å². The molecule has 0 aliphatic heterocycles. The third-order valence-corrected chi connectivity index (χ3v) is 3.73. The van der Waals surface area contributed by atoms with Gasteiger partial charge in [0.25, 0.3) is 5.69 Å². The van der Waals surface area contributed by atoms with Crippen LogP contribution in [0.1, 0.15) is 25.7 Å². The number of nitrogens with one attached hydrogen (secondary N) is 1. The average Bonchev–Trinajstić information content (AvgIpc) is 2.91. The van der Waals surface area contributed by atoms with Gasteiger partial charge in [0, 0.05) is 18.7 Å². The van der Waals surface area contributed by atoms with Gasteiger partial charge in [-0.05, 0) is 24.8 Å². The van der Waals surface area contributed by atoms with E-state index in [1.54, 1.807) is 0 Å². The van der Waals surface area contributed by atoms with Gasteiger partial charge < -0.3 is 11.1 Å². The van der Waals surface area contributed by atoms with Crippen LogP contribution in [0.5, 0.6) is 0 Å². The monoisotopic (exact) mass is 267 g/mol. The second kappa shape index (κ2) is 5.97. The molecule has 1 aliphatic rings. The molecule has 1 saturated carbocycles. The van der Waals surface area contributed by atoms with Crippen molar-refractivity contribution in [3.8, 4) is 0 Å². The van der Waals surface area contributed by atoms with Crippen molar-refractivity contribution in [1.82, 2.24) is 0 Å². The molecule has 2 rings (SSSR count). The lowest BCUT2D eigenvalue weighted by Gasteiger charge is -2.24. The molecule has 104 valence electrons. The van der Waals surface area contributed by atoms with E-state index in [9.17, 15) is 14.5 Å². The Labute approximate surface area is 111 Å². The van der Waals surface area contributed by atoms with E-state index >= 15 is 0 Å². The number of nitro groups is 1. The molecule has 0 saturated heterocycles. The number of benzene rings is 1. The van der Waals surface area contributed by atoms with Crippen molar-refractivity contribution in [2.75, 3.05) is 11.9 Å². The van der Waals surface area contributed by atoms with Crippen LogP contribution in [0.15, 0.2) is 18.2 Å². The highest BCUT2D eigenvalue weighted by Gasteiger charge is 2.24. The summed E-state index contributed by atoms with van der Waals surface area (Å²) in [5.41, 5.74) is 5.78. The van der Waals surface area contributed by atoms with E-state index < -0.39 is 10.7 Å². The zero-order chi connectivity index (χ0) is 13.8. The summed E-state index contributed by atoms with van der Waals surface area (Å²) in [7, 11) is 0. The fraction of sp³-hybridized carbons (Fsp3) is 0.538. The fourth-order valence-electron chi connectivity index (χ4n) is 2.66. The Morgan fingerprint density at radius 1 is 1.47 bits per heavy atom. The molecule has 19 heavy (non-hydrogen) atoms. The van der Waals surface area contributed by atoms with Gasteiger partial charge in [-0.2, -0.15) is 0 Å². The van der Waals surface area contributed by atoms with Gasteiger partial charge in [-0.3, -0.25) is 10.1 Å². The van der Waals surface area contributed by atoms with Gasteiger partial charge >= 0.3 is 0 Å². The Bertz CT molecular complexity index is 461. The number of nitrogens with zero attached hydrogens (tertiary/aromatic N) is 1. The largest absolute Gasteiger partial charge is 0.378 e.